The Labute approximate surface area is 137 Å². The van der Waals surface area contributed by atoms with Gasteiger partial charge < -0.3 is 9.26 Å². The van der Waals surface area contributed by atoms with Crippen LogP contribution in [0.2, 0.25) is 0 Å². The van der Waals surface area contributed by atoms with Gasteiger partial charge >= 0.3 is 0 Å². The fraction of sp³-hybridized carbons (Fsp3) is 0.526. The molecule has 0 saturated carbocycles. The van der Waals surface area contributed by atoms with Crippen molar-refractivity contribution in [3.05, 3.63) is 46.8 Å². The maximum Gasteiger partial charge on any atom is 0.154 e. The zero-order chi connectivity index (χ0) is 16.0. The molecule has 122 valence electrons. The summed E-state index contributed by atoms with van der Waals surface area (Å²) >= 11 is 0. The monoisotopic (exact) mass is 312 g/mol. The molecule has 4 heteroatoms. The number of fused-ring (bicyclic) bond motifs is 1. The van der Waals surface area contributed by atoms with Crippen molar-refractivity contribution in [2.75, 3.05) is 6.54 Å². The Hall–Kier alpha value is -1.81. The van der Waals surface area contributed by atoms with Crippen LogP contribution in [0.25, 0.3) is 0 Å². The standard InChI is InChI=1S/C19H24N2O2/c1-13-9-18(23-20-13)16-5-4-8-21(16)12-14-6-7-17-15(10-14)11-19(2,3)22-17/h6-7,9-10,16H,4-5,8,11-12H2,1-3H3/t16-/m1/s1. The lowest BCUT2D eigenvalue weighted by atomic mass is 10.00. The number of ether oxygens (including phenoxy) is 1. The molecule has 0 unspecified atom stereocenters. The molecule has 1 fully saturated rings. The number of nitrogens with zero attached hydrogens (tertiary/aromatic N) is 2. The highest BCUT2D eigenvalue weighted by Crippen LogP contribution is 2.37. The Morgan fingerprint density at radius 3 is 2.96 bits per heavy atom. The summed E-state index contributed by atoms with van der Waals surface area (Å²) in [5.74, 6) is 2.05. The van der Waals surface area contributed by atoms with Crippen LogP contribution in [0.5, 0.6) is 5.75 Å². The lowest BCUT2D eigenvalue weighted by Gasteiger charge is -2.22. The summed E-state index contributed by atoms with van der Waals surface area (Å²) < 4.78 is 11.5. The maximum atomic E-state index is 5.98. The first-order valence-corrected chi connectivity index (χ1v) is 8.48. The molecule has 4 rings (SSSR count). The molecule has 2 aromatic rings. The number of rotatable bonds is 3. The van der Waals surface area contributed by atoms with Crippen LogP contribution in [0.1, 0.15) is 55.3 Å². The highest BCUT2D eigenvalue weighted by Gasteiger charge is 2.32. The highest BCUT2D eigenvalue weighted by molar-refractivity contribution is 5.41. The minimum absolute atomic E-state index is 0.0749. The minimum atomic E-state index is -0.0749. The summed E-state index contributed by atoms with van der Waals surface area (Å²) in [6.45, 7) is 8.35. The molecular formula is C19H24N2O2. The summed E-state index contributed by atoms with van der Waals surface area (Å²) in [6.07, 6.45) is 3.35. The topological polar surface area (TPSA) is 38.5 Å². The van der Waals surface area contributed by atoms with Gasteiger partial charge in [-0.25, -0.2) is 0 Å². The number of benzene rings is 1. The van der Waals surface area contributed by atoms with Gasteiger partial charge in [0.15, 0.2) is 5.76 Å². The maximum absolute atomic E-state index is 5.98. The number of hydrogen-bond donors (Lipinski definition) is 0. The Balaban J connectivity index is 1.52. The Morgan fingerprint density at radius 2 is 2.17 bits per heavy atom. The summed E-state index contributed by atoms with van der Waals surface area (Å²) in [5, 5.41) is 4.05. The zero-order valence-corrected chi connectivity index (χ0v) is 14.1. The van der Waals surface area contributed by atoms with Crippen molar-refractivity contribution in [2.45, 2.75) is 58.2 Å². The molecule has 2 aliphatic rings. The van der Waals surface area contributed by atoms with Crippen molar-refractivity contribution in [3.8, 4) is 5.75 Å². The van der Waals surface area contributed by atoms with Crippen molar-refractivity contribution >= 4 is 0 Å². The fourth-order valence-electron chi connectivity index (χ4n) is 3.87. The Morgan fingerprint density at radius 1 is 1.30 bits per heavy atom. The Kier molecular flexibility index (Phi) is 3.45. The molecule has 1 saturated heterocycles. The van der Waals surface area contributed by atoms with Gasteiger partial charge in [0.1, 0.15) is 11.4 Å². The van der Waals surface area contributed by atoms with E-state index in [0.717, 1.165) is 43.1 Å². The molecule has 1 aromatic heterocycles. The van der Waals surface area contributed by atoms with Crippen molar-refractivity contribution in [1.82, 2.24) is 10.1 Å². The van der Waals surface area contributed by atoms with Gasteiger partial charge in [0.05, 0.1) is 11.7 Å². The van der Waals surface area contributed by atoms with Gasteiger partial charge in [-0.2, -0.15) is 0 Å². The second-order valence-electron chi connectivity index (χ2n) is 7.48. The van der Waals surface area contributed by atoms with Gasteiger partial charge in [-0.3, -0.25) is 4.90 Å². The molecule has 0 N–H and O–H groups in total. The van der Waals surface area contributed by atoms with Gasteiger partial charge in [0.2, 0.25) is 0 Å². The van der Waals surface area contributed by atoms with Crippen LogP contribution in [0.4, 0.5) is 0 Å². The third kappa shape index (κ3) is 2.88. The average molecular weight is 312 g/mol. The summed E-state index contributed by atoms with van der Waals surface area (Å²) in [4.78, 5) is 2.50. The molecule has 23 heavy (non-hydrogen) atoms. The van der Waals surface area contributed by atoms with Crippen LogP contribution in [0, 0.1) is 6.92 Å². The SMILES string of the molecule is Cc1cc([C@H]2CCCN2Cc2ccc3c(c2)CC(C)(C)O3)on1. The molecule has 2 aliphatic heterocycles. The molecular weight excluding hydrogens is 288 g/mol. The van der Waals surface area contributed by atoms with Crippen molar-refractivity contribution in [2.24, 2.45) is 0 Å². The summed E-state index contributed by atoms with van der Waals surface area (Å²) in [7, 11) is 0. The molecule has 0 aliphatic carbocycles. The van der Waals surface area contributed by atoms with Gasteiger partial charge in [0, 0.05) is 19.0 Å². The summed E-state index contributed by atoms with van der Waals surface area (Å²) in [6, 6.07) is 9.06. The Bertz CT molecular complexity index is 720. The van der Waals surface area contributed by atoms with Crippen LogP contribution in [0.3, 0.4) is 0 Å². The van der Waals surface area contributed by atoms with E-state index < -0.39 is 0 Å². The molecule has 1 atom stereocenters. The van der Waals surface area contributed by atoms with E-state index in [4.69, 9.17) is 9.26 Å². The molecule has 0 radical (unpaired) electrons. The third-order valence-corrected chi connectivity index (χ3v) is 4.85. The number of hydrogen-bond acceptors (Lipinski definition) is 4. The summed E-state index contributed by atoms with van der Waals surface area (Å²) in [5.41, 5.74) is 3.57. The molecule has 3 heterocycles. The average Bonchev–Trinajstić information content (AvgIpc) is 3.16. The first-order chi connectivity index (χ1) is 11.0. The normalized spacial score (nSPS) is 23.0. The zero-order valence-electron chi connectivity index (χ0n) is 14.1. The van der Waals surface area contributed by atoms with E-state index in [1.165, 1.54) is 17.5 Å². The van der Waals surface area contributed by atoms with E-state index in [-0.39, 0.29) is 5.60 Å². The molecule has 0 spiro atoms. The van der Waals surface area contributed by atoms with Crippen molar-refractivity contribution in [3.63, 3.8) is 0 Å². The number of aromatic nitrogens is 1. The highest BCUT2D eigenvalue weighted by atomic mass is 16.5. The molecule has 0 amide bonds. The van der Waals surface area contributed by atoms with E-state index >= 15 is 0 Å². The second-order valence-corrected chi connectivity index (χ2v) is 7.48. The fourth-order valence-corrected chi connectivity index (χ4v) is 3.87. The van der Waals surface area contributed by atoms with Gasteiger partial charge in [0.25, 0.3) is 0 Å². The van der Waals surface area contributed by atoms with Gasteiger partial charge in [-0.1, -0.05) is 17.3 Å². The quantitative estimate of drug-likeness (QED) is 0.857. The van der Waals surface area contributed by atoms with Crippen LogP contribution < -0.4 is 4.74 Å². The van der Waals surface area contributed by atoms with Gasteiger partial charge in [-0.05, 0) is 57.4 Å². The smallest absolute Gasteiger partial charge is 0.154 e. The largest absolute Gasteiger partial charge is 0.487 e. The van der Waals surface area contributed by atoms with E-state index in [1.54, 1.807) is 0 Å². The van der Waals surface area contributed by atoms with Crippen molar-refractivity contribution < 1.29 is 9.26 Å². The van der Waals surface area contributed by atoms with Gasteiger partial charge in [-0.15, -0.1) is 0 Å². The van der Waals surface area contributed by atoms with E-state index in [2.05, 4.69) is 48.2 Å². The van der Waals surface area contributed by atoms with Crippen molar-refractivity contribution in [1.29, 1.82) is 0 Å². The van der Waals surface area contributed by atoms with Crippen LogP contribution in [-0.4, -0.2) is 22.2 Å². The predicted octanol–water partition coefficient (Wildman–Crippen LogP) is 4.03. The van der Waals surface area contributed by atoms with E-state index in [0.29, 0.717) is 6.04 Å². The van der Waals surface area contributed by atoms with Crippen LogP contribution >= 0.6 is 0 Å². The van der Waals surface area contributed by atoms with E-state index in [9.17, 15) is 0 Å². The molecule has 0 bridgehead atoms. The predicted molar refractivity (Wildman–Crippen MR) is 88.5 cm³/mol. The van der Waals surface area contributed by atoms with Crippen LogP contribution in [-0.2, 0) is 13.0 Å². The van der Waals surface area contributed by atoms with E-state index in [1.807, 2.05) is 6.92 Å². The first-order valence-electron chi connectivity index (χ1n) is 8.48. The minimum Gasteiger partial charge on any atom is -0.487 e. The lowest BCUT2D eigenvalue weighted by molar-refractivity contribution is 0.138. The molecule has 1 aromatic carbocycles. The number of aryl methyl sites for hydroxylation is 1. The number of likely N-dealkylation sites (tertiary alicyclic amines) is 1. The third-order valence-electron chi connectivity index (χ3n) is 4.85. The molecule has 4 nitrogen and oxygen atoms in total. The lowest BCUT2D eigenvalue weighted by Crippen LogP contribution is -2.24. The second kappa shape index (κ2) is 5.38. The first kappa shape index (κ1) is 14.8. The van der Waals surface area contributed by atoms with Crippen LogP contribution in [0.15, 0.2) is 28.8 Å².